The van der Waals surface area contributed by atoms with E-state index in [2.05, 4.69) is 24.9 Å². The zero-order valence-electron chi connectivity index (χ0n) is 11.5. The van der Waals surface area contributed by atoms with Crippen molar-refractivity contribution in [2.45, 2.75) is 6.92 Å². The van der Waals surface area contributed by atoms with E-state index < -0.39 is 0 Å². The highest BCUT2D eigenvalue weighted by Gasteiger charge is 2.06. The molecule has 0 aliphatic heterocycles. The summed E-state index contributed by atoms with van der Waals surface area (Å²) in [4.78, 5) is 15.2. The van der Waals surface area contributed by atoms with Gasteiger partial charge in [0.2, 0.25) is 5.91 Å². The quantitative estimate of drug-likeness (QED) is 0.567. The molecule has 0 radical (unpaired) electrons. The van der Waals surface area contributed by atoms with Gasteiger partial charge in [0.1, 0.15) is 5.75 Å². The number of fused-ring (bicyclic) bond motifs is 1. The highest BCUT2D eigenvalue weighted by Crippen LogP contribution is 2.32. The van der Waals surface area contributed by atoms with E-state index in [-0.39, 0.29) is 11.7 Å². The number of carbonyl (C=O) groups excluding carboxylic acids is 1. The molecule has 0 bridgehead atoms. The van der Waals surface area contributed by atoms with Crippen molar-refractivity contribution >= 4 is 44.8 Å². The molecule has 0 unspecified atom stereocenters. The molecule has 2 heterocycles. The third kappa shape index (κ3) is 2.91. The Labute approximate surface area is 129 Å². The molecule has 3 rings (SSSR count). The summed E-state index contributed by atoms with van der Waals surface area (Å²) in [7, 11) is 0. The lowest BCUT2D eigenvalue weighted by atomic mass is 10.2. The van der Waals surface area contributed by atoms with Gasteiger partial charge in [-0.1, -0.05) is 0 Å². The number of azo groups is 1. The first kappa shape index (κ1) is 14.1. The van der Waals surface area contributed by atoms with Crippen LogP contribution in [0.25, 0.3) is 11.0 Å². The number of aromatic nitrogens is 2. The fourth-order valence-corrected chi connectivity index (χ4v) is 2.48. The fourth-order valence-electron chi connectivity index (χ4n) is 1.82. The summed E-state index contributed by atoms with van der Waals surface area (Å²) >= 11 is 1.21. The van der Waals surface area contributed by atoms with Crippen molar-refractivity contribution in [2.75, 3.05) is 5.32 Å². The maximum Gasteiger partial charge on any atom is 0.221 e. The van der Waals surface area contributed by atoms with E-state index in [1.165, 1.54) is 24.5 Å². The lowest BCUT2D eigenvalue weighted by Gasteiger charge is -2.04. The Morgan fingerprint density at radius 3 is 3.00 bits per heavy atom. The van der Waals surface area contributed by atoms with Crippen LogP contribution in [0.4, 0.5) is 16.4 Å². The molecule has 0 aliphatic rings. The minimum absolute atomic E-state index is 0.0263. The smallest absolute Gasteiger partial charge is 0.221 e. The van der Waals surface area contributed by atoms with Crippen LogP contribution in [0.2, 0.25) is 0 Å². The number of anilines is 1. The van der Waals surface area contributed by atoms with Gasteiger partial charge >= 0.3 is 0 Å². The number of hydrogen-bond acceptors (Lipinski definition) is 7. The van der Waals surface area contributed by atoms with Crippen LogP contribution in [0.5, 0.6) is 5.75 Å². The number of nitrogens with one attached hydrogen (secondary N) is 1. The second-order valence-electron chi connectivity index (χ2n) is 4.44. The van der Waals surface area contributed by atoms with Crippen molar-refractivity contribution in [1.82, 2.24) is 9.36 Å². The Hall–Kier alpha value is -2.87. The molecule has 0 atom stereocenters. The van der Waals surface area contributed by atoms with Crippen molar-refractivity contribution in [1.29, 1.82) is 0 Å². The highest BCUT2D eigenvalue weighted by atomic mass is 32.1. The maximum atomic E-state index is 11.1. The summed E-state index contributed by atoms with van der Waals surface area (Å²) in [6.07, 6.45) is 1.67. The average molecular weight is 313 g/mol. The lowest BCUT2D eigenvalue weighted by Crippen LogP contribution is -2.05. The summed E-state index contributed by atoms with van der Waals surface area (Å²) in [6.45, 7) is 1.37. The monoisotopic (exact) mass is 313 g/mol. The van der Waals surface area contributed by atoms with Crippen molar-refractivity contribution < 1.29 is 9.90 Å². The summed E-state index contributed by atoms with van der Waals surface area (Å²) in [5, 5.41) is 22.0. The number of benzene rings is 1. The molecule has 3 aromatic rings. The van der Waals surface area contributed by atoms with Crippen LogP contribution in [0.3, 0.4) is 0 Å². The van der Waals surface area contributed by atoms with Crippen LogP contribution in [0.15, 0.2) is 46.8 Å². The Kier molecular flexibility index (Phi) is 3.75. The molecule has 1 amide bonds. The first-order chi connectivity index (χ1) is 10.6. The van der Waals surface area contributed by atoms with Crippen LogP contribution >= 0.6 is 11.5 Å². The van der Waals surface area contributed by atoms with Gasteiger partial charge in [-0.3, -0.25) is 4.79 Å². The topological polar surface area (TPSA) is 99.8 Å². The van der Waals surface area contributed by atoms with Crippen LogP contribution in [-0.4, -0.2) is 20.4 Å². The van der Waals surface area contributed by atoms with E-state index in [1.54, 1.807) is 18.3 Å². The van der Waals surface area contributed by atoms with E-state index in [0.717, 1.165) is 5.39 Å². The van der Waals surface area contributed by atoms with Crippen molar-refractivity contribution in [3.63, 3.8) is 0 Å². The predicted octanol–water partition coefficient (Wildman–Crippen LogP) is 3.77. The zero-order chi connectivity index (χ0) is 15.5. The summed E-state index contributed by atoms with van der Waals surface area (Å²) in [5.41, 5.74) is 1.43. The first-order valence-corrected chi connectivity index (χ1v) is 7.13. The van der Waals surface area contributed by atoms with Gasteiger partial charge in [0.25, 0.3) is 0 Å². The van der Waals surface area contributed by atoms with Gasteiger partial charge < -0.3 is 10.4 Å². The third-order valence-electron chi connectivity index (χ3n) is 2.78. The summed E-state index contributed by atoms with van der Waals surface area (Å²) < 4.78 is 4.18. The number of pyridine rings is 1. The van der Waals surface area contributed by atoms with Gasteiger partial charge in [-0.2, -0.15) is 4.37 Å². The van der Waals surface area contributed by atoms with Crippen LogP contribution < -0.4 is 5.32 Å². The van der Waals surface area contributed by atoms with Crippen molar-refractivity contribution in [2.24, 2.45) is 10.2 Å². The van der Waals surface area contributed by atoms with Gasteiger partial charge in [0, 0.05) is 13.1 Å². The van der Waals surface area contributed by atoms with Gasteiger partial charge in [-0.25, -0.2) is 4.98 Å². The van der Waals surface area contributed by atoms with Gasteiger partial charge in [0.15, 0.2) is 10.6 Å². The predicted molar refractivity (Wildman–Crippen MR) is 84.0 cm³/mol. The Balaban J connectivity index is 1.90. The number of nitrogens with zero attached hydrogens (tertiary/aromatic N) is 4. The normalized spacial score (nSPS) is 11.1. The number of carbonyl (C=O) groups is 1. The Morgan fingerprint density at radius 1 is 1.32 bits per heavy atom. The number of phenolic OH excluding ortho intramolecular Hbond substituents is 1. The number of phenols is 1. The van der Waals surface area contributed by atoms with E-state index in [1.807, 2.05) is 12.1 Å². The van der Waals surface area contributed by atoms with Crippen molar-refractivity contribution in [3.05, 3.63) is 36.5 Å². The molecule has 2 aromatic heterocycles. The van der Waals surface area contributed by atoms with E-state index in [9.17, 15) is 9.90 Å². The highest BCUT2D eigenvalue weighted by molar-refractivity contribution is 7.11. The minimum Gasteiger partial charge on any atom is -0.506 e. The maximum absolute atomic E-state index is 11.1. The molecule has 7 nitrogen and oxygen atoms in total. The lowest BCUT2D eigenvalue weighted by molar-refractivity contribution is -0.114. The summed E-state index contributed by atoms with van der Waals surface area (Å²) in [6, 6.07) is 8.28. The van der Waals surface area contributed by atoms with Crippen LogP contribution in [0.1, 0.15) is 6.92 Å². The van der Waals surface area contributed by atoms with Crippen LogP contribution in [0, 0.1) is 0 Å². The Bertz CT molecular complexity index is 875. The SMILES string of the molecule is CC(=O)Nc1cc(N=Nc2snc3ncccc23)ccc1O. The fraction of sp³-hybridized carbons (Fsp3) is 0.0714. The Morgan fingerprint density at radius 2 is 2.18 bits per heavy atom. The number of rotatable bonds is 3. The molecule has 2 N–H and O–H groups in total. The number of amides is 1. The molecule has 0 saturated carbocycles. The van der Waals surface area contributed by atoms with E-state index in [0.29, 0.717) is 22.0 Å². The summed E-state index contributed by atoms with van der Waals surface area (Å²) in [5.74, 6) is -0.300. The molecule has 110 valence electrons. The number of hydrogen-bond donors (Lipinski definition) is 2. The molecule has 22 heavy (non-hydrogen) atoms. The number of aromatic hydroxyl groups is 1. The standard InChI is InChI=1S/C14H11N5O2S/c1-8(20)16-11-7-9(4-5-12(11)21)17-18-14-10-3-2-6-15-13(10)19-22-14/h2-7,21H,1H3,(H,16,20). The van der Waals surface area contributed by atoms with E-state index in [4.69, 9.17) is 0 Å². The second kappa shape index (κ2) is 5.86. The van der Waals surface area contributed by atoms with E-state index >= 15 is 0 Å². The second-order valence-corrected chi connectivity index (χ2v) is 5.20. The largest absolute Gasteiger partial charge is 0.506 e. The van der Waals surface area contributed by atoms with Gasteiger partial charge in [0.05, 0.1) is 16.8 Å². The molecule has 8 heteroatoms. The molecule has 0 spiro atoms. The zero-order valence-corrected chi connectivity index (χ0v) is 12.3. The molecular weight excluding hydrogens is 302 g/mol. The average Bonchev–Trinajstić information content (AvgIpc) is 2.91. The minimum atomic E-state index is -0.274. The molecular formula is C14H11N5O2S. The van der Waals surface area contributed by atoms with Crippen molar-refractivity contribution in [3.8, 4) is 5.75 Å². The first-order valence-electron chi connectivity index (χ1n) is 6.36. The molecule has 0 aliphatic carbocycles. The molecule has 0 saturated heterocycles. The van der Waals surface area contributed by atoms with Gasteiger partial charge in [-0.05, 0) is 41.9 Å². The third-order valence-corrected chi connectivity index (χ3v) is 3.52. The molecule has 0 fully saturated rings. The van der Waals surface area contributed by atoms with Crippen LogP contribution in [-0.2, 0) is 4.79 Å². The van der Waals surface area contributed by atoms with Gasteiger partial charge in [-0.15, -0.1) is 10.2 Å². The molecule has 1 aromatic carbocycles.